The molecular weight excluding hydrogens is 287 g/mol. The second-order valence-corrected chi connectivity index (χ2v) is 4.47. The van der Waals surface area contributed by atoms with Gasteiger partial charge in [-0.3, -0.25) is 4.57 Å². The summed E-state index contributed by atoms with van der Waals surface area (Å²) in [7, 11) is -2.57. The highest BCUT2D eigenvalue weighted by molar-refractivity contribution is 7.33. The number of carbonyl (C=O) groups is 2. The zero-order valence-electron chi connectivity index (χ0n) is 11.2. The van der Waals surface area contributed by atoms with Gasteiger partial charge in [-0.1, -0.05) is 13.2 Å². The van der Waals surface area contributed by atoms with Crippen molar-refractivity contribution in [2.75, 3.05) is 26.4 Å². The average molecular weight is 306 g/mol. The molecule has 0 amide bonds. The Morgan fingerprint density at radius 2 is 1.25 bits per heavy atom. The van der Waals surface area contributed by atoms with Crippen molar-refractivity contribution in [1.29, 1.82) is 0 Å². The van der Waals surface area contributed by atoms with Gasteiger partial charge in [-0.25, -0.2) is 9.59 Å². The lowest BCUT2D eigenvalue weighted by Crippen LogP contribution is -2.05. The minimum atomic E-state index is -2.57. The zero-order chi connectivity index (χ0) is 15.2. The highest BCUT2D eigenvalue weighted by Gasteiger charge is 2.01. The third-order valence-electron chi connectivity index (χ3n) is 1.84. The van der Waals surface area contributed by atoms with Crippen molar-refractivity contribution in [1.82, 2.24) is 0 Å². The summed E-state index contributed by atoms with van der Waals surface area (Å²) in [4.78, 5) is 21.4. The van der Waals surface area contributed by atoms with E-state index < -0.39 is 20.2 Å². The van der Waals surface area contributed by atoms with Crippen LogP contribution < -0.4 is 0 Å². The van der Waals surface area contributed by atoms with Gasteiger partial charge in [0.2, 0.25) is 0 Å². The molecule has 20 heavy (non-hydrogen) atoms. The largest absolute Gasteiger partial charge is 0.462 e. The molecule has 0 unspecified atom stereocenters. The Hall–Kier alpha value is -1.43. The molecule has 8 heteroatoms. The van der Waals surface area contributed by atoms with Crippen molar-refractivity contribution in [3.8, 4) is 0 Å². The van der Waals surface area contributed by atoms with Crippen molar-refractivity contribution < 1.29 is 32.7 Å². The summed E-state index contributed by atoms with van der Waals surface area (Å²) in [5, 5.41) is 0. The van der Waals surface area contributed by atoms with Crippen LogP contribution in [0.25, 0.3) is 0 Å². The normalized spacial score (nSPS) is 10.1. The number of rotatable bonds is 12. The van der Waals surface area contributed by atoms with E-state index in [1.165, 1.54) is 0 Å². The zero-order valence-corrected chi connectivity index (χ0v) is 12.2. The summed E-state index contributed by atoms with van der Waals surface area (Å²) >= 11 is 0. The Bertz CT molecular complexity index is 322. The number of hydrogen-bond donors (Lipinski definition) is 0. The van der Waals surface area contributed by atoms with Crippen molar-refractivity contribution in [2.24, 2.45) is 0 Å². The number of carbonyl (C=O) groups excluding carboxylic acids is 2. The molecule has 0 aliphatic heterocycles. The molecule has 0 aromatic carbocycles. The molecular formula is C12H19O7P. The molecule has 0 aliphatic rings. The summed E-state index contributed by atoms with van der Waals surface area (Å²) in [6, 6.07) is 0. The minimum Gasteiger partial charge on any atom is -0.462 e. The third kappa shape index (κ3) is 11.6. The van der Waals surface area contributed by atoms with Gasteiger partial charge in [0.25, 0.3) is 0 Å². The molecule has 0 bridgehead atoms. The molecule has 0 N–H and O–H groups in total. The van der Waals surface area contributed by atoms with Crippen LogP contribution in [0.1, 0.15) is 12.8 Å². The molecule has 0 saturated heterocycles. The van der Waals surface area contributed by atoms with E-state index in [2.05, 4.69) is 13.2 Å². The van der Waals surface area contributed by atoms with Gasteiger partial charge in [0.05, 0.1) is 26.4 Å². The summed E-state index contributed by atoms with van der Waals surface area (Å²) < 4.78 is 30.4. The predicted octanol–water partition coefficient (Wildman–Crippen LogP) is 1.65. The van der Waals surface area contributed by atoms with Gasteiger partial charge in [-0.2, -0.15) is 0 Å². The Kier molecular flexibility index (Phi) is 11.7. The first-order chi connectivity index (χ1) is 9.60. The van der Waals surface area contributed by atoms with Gasteiger partial charge in [-0.15, -0.1) is 0 Å². The molecule has 0 aromatic rings. The maximum absolute atomic E-state index is 11.2. The third-order valence-corrected chi connectivity index (χ3v) is 2.72. The molecule has 0 saturated carbocycles. The monoisotopic (exact) mass is 306 g/mol. The van der Waals surface area contributed by atoms with E-state index >= 15 is 0 Å². The Labute approximate surface area is 118 Å². The molecule has 7 nitrogen and oxygen atoms in total. The van der Waals surface area contributed by atoms with Crippen molar-refractivity contribution in [3.05, 3.63) is 25.3 Å². The summed E-state index contributed by atoms with van der Waals surface area (Å²) in [5.74, 6) is -1.02. The van der Waals surface area contributed by atoms with Gasteiger partial charge in [0.1, 0.15) is 0 Å². The lowest BCUT2D eigenvalue weighted by atomic mass is 10.5. The highest BCUT2D eigenvalue weighted by Crippen LogP contribution is 2.23. The first kappa shape index (κ1) is 18.6. The van der Waals surface area contributed by atoms with E-state index in [1.807, 2.05) is 0 Å². The summed E-state index contributed by atoms with van der Waals surface area (Å²) in [6.07, 6.45) is 2.95. The second-order valence-electron chi connectivity index (χ2n) is 3.40. The molecule has 0 fully saturated rings. The fraction of sp³-hybridized carbons (Fsp3) is 0.500. The molecule has 0 rings (SSSR count). The highest BCUT2D eigenvalue weighted by atomic mass is 31.1. The van der Waals surface area contributed by atoms with Crippen molar-refractivity contribution >= 4 is 20.2 Å². The van der Waals surface area contributed by atoms with E-state index in [0.29, 0.717) is 12.8 Å². The first-order valence-corrected chi connectivity index (χ1v) is 7.20. The topological polar surface area (TPSA) is 88.1 Å². The van der Waals surface area contributed by atoms with Crippen LogP contribution in [0.4, 0.5) is 0 Å². The fourth-order valence-corrected chi connectivity index (χ4v) is 1.64. The van der Waals surface area contributed by atoms with Crippen LogP contribution in [-0.4, -0.2) is 38.4 Å². The van der Waals surface area contributed by atoms with Crippen LogP contribution in [0.2, 0.25) is 0 Å². The van der Waals surface area contributed by atoms with Crippen molar-refractivity contribution in [3.63, 3.8) is 0 Å². The molecule has 0 aromatic heterocycles. The Morgan fingerprint density at radius 3 is 1.60 bits per heavy atom. The molecule has 0 heterocycles. The van der Waals surface area contributed by atoms with Gasteiger partial charge < -0.3 is 18.5 Å². The van der Waals surface area contributed by atoms with Crippen LogP contribution in [0.5, 0.6) is 0 Å². The average Bonchev–Trinajstić information content (AvgIpc) is 2.45. The van der Waals surface area contributed by atoms with E-state index in [4.69, 9.17) is 18.5 Å². The van der Waals surface area contributed by atoms with Gasteiger partial charge in [0, 0.05) is 25.0 Å². The SMILES string of the molecule is C=CC(=O)OCCCO[PH](=O)OCCCOC(=O)C=C. The Morgan fingerprint density at radius 1 is 0.850 bits per heavy atom. The van der Waals surface area contributed by atoms with Crippen LogP contribution >= 0.6 is 8.25 Å². The Balaban J connectivity index is 3.37. The fourth-order valence-electron chi connectivity index (χ4n) is 0.934. The lowest BCUT2D eigenvalue weighted by Gasteiger charge is -2.06. The second kappa shape index (κ2) is 12.6. The van der Waals surface area contributed by atoms with Crippen LogP contribution in [0, 0.1) is 0 Å². The van der Waals surface area contributed by atoms with Crippen molar-refractivity contribution in [2.45, 2.75) is 12.8 Å². The van der Waals surface area contributed by atoms with Gasteiger partial charge in [0.15, 0.2) is 0 Å². The summed E-state index contributed by atoms with van der Waals surface area (Å²) in [6.45, 7) is 7.14. The molecule has 0 radical (unpaired) electrons. The molecule has 0 atom stereocenters. The molecule has 0 aliphatic carbocycles. The smallest absolute Gasteiger partial charge is 0.330 e. The molecule has 114 valence electrons. The van der Waals surface area contributed by atoms with E-state index in [9.17, 15) is 14.2 Å². The summed E-state index contributed by atoms with van der Waals surface area (Å²) in [5.41, 5.74) is 0. The minimum absolute atomic E-state index is 0.160. The molecule has 0 spiro atoms. The predicted molar refractivity (Wildman–Crippen MR) is 72.5 cm³/mol. The van der Waals surface area contributed by atoms with Crippen LogP contribution in [0.3, 0.4) is 0 Å². The van der Waals surface area contributed by atoms with Crippen LogP contribution in [-0.2, 0) is 32.7 Å². The maximum Gasteiger partial charge on any atom is 0.330 e. The first-order valence-electron chi connectivity index (χ1n) is 5.98. The number of hydrogen-bond acceptors (Lipinski definition) is 7. The standard InChI is InChI=1S/C12H19O7P/c1-3-11(13)16-7-5-9-18-20(15)19-10-6-8-17-12(14)4-2/h3-4,20H,1-2,5-10H2. The van der Waals surface area contributed by atoms with Gasteiger partial charge in [-0.05, 0) is 0 Å². The van der Waals surface area contributed by atoms with E-state index in [0.717, 1.165) is 12.2 Å². The number of ether oxygens (including phenoxy) is 2. The van der Waals surface area contributed by atoms with E-state index in [1.54, 1.807) is 0 Å². The van der Waals surface area contributed by atoms with E-state index in [-0.39, 0.29) is 26.4 Å². The quantitative estimate of drug-likeness (QED) is 0.234. The number of esters is 2. The lowest BCUT2D eigenvalue weighted by molar-refractivity contribution is -0.138. The van der Waals surface area contributed by atoms with Gasteiger partial charge >= 0.3 is 20.2 Å². The maximum atomic E-state index is 11.2. The van der Waals surface area contributed by atoms with Crippen LogP contribution in [0.15, 0.2) is 25.3 Å².